The van der Waals surface area contributed by atoms with E-state index in [1.54, 1.807) is 15.9 Å². The van der Waals surface area contributed by atoms with Crippen molar-refractivity contribution in [3.8, 4) is 0 Å². The van der Waals surface area contributed by atoms with E-state index in [0.29, 0.717) is 23.5 Å². The van der Waals surface area contributed by atoms with Crippen LogP contribution in [0.25, 0.3) is 10.2 Å². The molecule has 0 aromatic carbocycles. The van der Waals surface area contributed by atoms with Crippen LogP contribution in [0.1, 0.15) is 37.6 Å². The van der Waals surface area contributed by atoms with Crippen molar-refractivity contribution in [1.82, 2.24) is 9.55 Å². The molecule has 2 heterocycles. The maximum Gasteiger partial charge on any atom is 0.263 e. The van der Waals surface area contributed by atoms with Gasteiger partial charge in [0.2, 0.25) is 5.91 Å². The van der Waals surface area contributed by atoms with E-state index in [0.717, 1.165) is 29.5 Å². The summed E-state index contributed by atoms with van der Waals surface area (Å²) < 4.78 is 1.73. The van der Waals surface area contributed by atoms with Gasteiger partial charge in [-0.2, -0.15) is 0 Å². The van der Waals surface area contributed by atoms with Crippen LogP contribution in [0, 0.1) is 11.8 Å². The molecular weight excluding hydrogens is 342 g/mol. The van der Waals surface area contributed by atoms with E-state index in [1.165, 1.54) is 22.2 Å². The molecule has 1 amide bonds. The summed E-state index contributed by atoms with van der Waals surface area (Å²) in [5, 5.41) is 1.40. The number of primary amides is 1. The zero-order valence-electron chi connectivity index (χ0n) is 14.3. The number of hydrogen-bond donors (Lipinski definition) is 1. The fraction of sp³-hybridized carbons (Fsp3) is 0.588. The van der Waals surface area contributed by atoms with E-state index < -0.39 is 5.91 Å². The number of thioether (sulfide) groups is 1. The number of nitrogens with two attached hydrogens (primary N) is 1. The van der Waals surface area contributed by atoms with Crippen LogP contribution in [0.2, 0.25) is 0 Å². The Morgan fingerprint density at radius 3 is 2.92 bits per heavy atom. The number of hydrogen-bond acceptors (Lipinski definition) is 5. The molecule has 0 saturated carbocycles. The smallest absolute Gasteiger partial charge is 0.263 e. The fourth-order valence-electron chi connectivity index (χ4n) is 3.18. The molecule has 7 heteroatoms. The molecule has 0 fully saturated rings. The van der Waals surface area contributed by atoms with E-state index in [1.807, 2.05) is 0 Å². The highest BCUT2D eigenvalue weighted by atomic mass is 32.2. The van der Waals surface area contributed by atoms with Gasteiger partial charge in [-0.25, -0.2) is 4.98 Å². The van der Waals surface area contributed by atoms with Crippen LogP contribution in [-0.2, 0) is 24.2 Å². The SMILES string of the molecule is CC(C)Cn1c(SCC(N)=O)nc2sc3c(c2c1=O)CC[C@@H](C)C3. The van der Waals surface area contributed by atoms with Crippen molar-refractivity contribution >= 4 is 39.2 Å². The molecule has 1 aliphatic carbocycles. The quantitative estimate of drug-likeness (QED) is 0.653. The predicted octanol–water partition coefficient (Wildman–Crippen LogP) is 2.82. The van der Waals surface area contributed by atoms with Gasteiger partial charge in [-0.15, -0.1) is 11.3 Å². The summed E-state index contributed by atoms with van der Waals surface area (Å²) in [6, 6.07) is 0. The molecule has 2 N–H and O–H groups in total. The summed E-state index contributed by atoms with van der Waals surface area (Å²) >= 11 is 2.90. The first-order valence-corrected chi connectivity index (χ1v) is 10.1. The Morgan fingerprint density at radius 1 is 1.50 bits per heavy atom. The third-order valence-electron chi connectivity index (χ3n) is 4.27. The number of thiophene rings is 1. The lowest BCUT2D eigenvalue weighted by atomic mass is 9.89. The molecule has 1 atom stereocenters. The van der Waals surface area contributed by atoms with Gasteiger partial charge in [-0.05, 0) is 36.7 Å². The molecule has 24 heavy (non-hydrogen) atoms. The molecule has 2 aromatic rings. The topological polar surface area (TPSA) is 78.0 Å². The standard InChI is InChI=1S/C17H23N3O2S2/c1-9(2)7-20-16(22)14-11-5-4-10(3)6-12(11)24-15(14)19-17(20)23-8-13(18)21/h9-10H,4-8H2,1-3H3,(H2,18,21)/t10-/m1/s1. The van der Waals surface area contributed by atoms with Gasteiger partial charge in [-0.1, -0.05) is 32.5 Å². The number of carbonyl (C=O) groups excluding carboxylic acids is 1. The van der Waals surface area contributed by atoms with Crippen LogP contribution in [0.15, 0.2) is 9.95 Å². The Morgan fingerprint density at radius 2 is 2.25 bits per heavy atom. The molecule has 3 rings (SSSR count). The van der Waals surface area contributed by atoms with E-state index in [4.69, 9.17) is 10.7 Å². The van der Waals surface area contributed by atoms with Crippen LogP contribution in [0.3, 0.4) is 0 Å². The molecule has 0 aliphatic heterocycles. The predicted molar refractivity (Wildman–Crippen MR) is 99.8 cm³/mol. The second-order valence-electron chi connectivity index (χ2n) is 6.99. The molecule has 1 aliphatic rings. The van der Waals surface area contributed by atoms with Crippen molar-refractivity contribution in [1.29, 1.82) is 0 Å². The van der Waals surface area contributed by atoms with Gasteiger partial charge in [0, 0.05) is 11.4 Å². The van der Waals surface area contributed by atoms with Crippen LogP contribution in [0.4, 0.5) is 0 Å². The van der Waals surface area contributed by atoms with Crippen molar-refractivity contribution in [3.63, 3.8) is 0 Å². The monoisotopic (exact) mass is 365 g/mol. The summed E-state index contributed by atoms with van der Waals surface area (Å²) in [5.74, 6) is 0.722. The summed E-state index contributed by atoms with van der Waals surface area (Å²) in [5.41, 5.74) is 6.50. The molecular formula is C17H23N3O2S2. The maximum atomic E-state index is 13.1. The lowest BCUT2D eigenvalue weighted by molar-refractivity contribution is -0.115. The van der Waals surface area contributed by atoms with Gasteiger partial charge in [0.25, 0.3) is 5.56 Å². The highest BCUT2D eigenvalue weighted by Gasteiger charge is 2.25. The Balaban J connectivity index is 2.16. The molecule has 2 aromatic heterocycles. The molecule has 0 unspecified atom stereocenters. The second-order valence-corrected chi connectivity index (χ2v) is 9.02. The van der Waals surface area contributed by atoms with E-state index in [2.05, 4.69) is 20.8 Å². The third kappa shape index (κ3) is 3.37. The van der Waals surface area contributed by atoms with Crippen LogP contribution < -0.4 is 11.3 Å². The Bertz CT molecular complexity index is 838. The first-order chi connectivity index (χ1) is 11.4. The van der Waals surface area contributed by atoms with Gasteiger partial charge in [0.1, 0.15) is 4.83 Å². The summed E-state index contributed by atoms with van der Waals surface area (Å²) in [6.45, 7) is 7.00. The molecule has 0 radical (unpaired) electrons. The maximum absolute atomic E-state index is 13.1. The first-order valence-electron chi connectivity index (χ1n) is 8.33. The van der Waals surface area contributed by atoms with Crippen LogP contribution in [0.5, 0.6) is 0 Å². The number of rotatable bonds is 5. The van der Waals surface area contributed by atoms with Crippen LogP contribution >= 0.6 is 23.1 Å². The minimum absolute atomic E-state index is 0.0349. The van der Waals surface area contributed by atoms with Crippen molar-refractivity contribution in [2.45, 2.75) is 51.7 Å². The van der Waals surface area contributed by atoms with Crippen molar-refractivity contribution in [2.24, 2.45) is 17.6 Å². The van der Waals surface area contributed by atoms with Crippen LogP contribution in [-0.4, -0.2) is 21.2 Å². The van der Waals surface area contributed by atoms with E-state index in [-0.39, 0.29) is 11.3 Å². The zero-order chi connectivity index (χ0) is 17.4. The van der Waals surface area contributed by atoms with Gasteiger partial charge >= 0.3 is 0 Å². The average Bonchev–Trinajstić information content (AvgIpc) is 2.85. The Labute approximate surface area is 149 Å². The minimum atomic E-state index is -0.398. The third-order valence-corrected chi connectivity index (χ3v) is 6.42. The molecule has 0 saturated heterocycles. The van der Waals surface area contributed by atoms with Gasteiger partial charge < -0.3 is 5.73 Å². The number of aromatic nitrogens is 2. The zero-order valence-corrected chi connectivity index (χ0v) is 15.9. The lowest BCUT2D eigenvalue weighted by Gasteiger charge is -2.18. The fourth-order valence-corrected chi connectivity index (χ4v) is 5.35. The second kappa shape index (κ2) is 6.88. The highest BCUT2D eigenvalue weighted by molar-refractivity contribution is 7.99. The van der Waals surface area contributed by atoms with Crippen molar-refractivity contribution < 1.29 is 4.79 Å². The normalized spacial score (nSPS) is 17.4. The summed E-state index contributed by atoms with van der Waals surface area (Å²) in [7, 11) is 0. The van der Waals surface area contributed by atoms with E-state index in [9.17, 15) is 9.59 Å². The van der Waals surface area contributed by atoms with Gasteiger partial charge in [0.05, 0.1) is 11.1 Å². The largest absolute Gasteiger partial charge is 0.369 e. The summed E-state index contributed by atoms with van der Waals surface area (Å²) in [4.78, 5) is 31.1. The summed E-state index contributed by atoms with van der Waals surface area (Å²) in [6.07, 6.45) is 3.12. The minimum Gasteiger partial charge on any atom is -0.369 e. The number of carbonyl (C=O) groups is 1. The molecule has 5 nitrogen and oxygen atoms in total. The first kappa shape index (κ1) is 17.5. The van der Waals surface area contributed by atoms with E-state index >= 15 is 0 Å². The number of nitrogens with zero attached hydrogens (tertiary/aromatic N) is 2. The number of fused-ring (bicyclic) bond motifs is 3. The highest BCUT2D eigenvalue weighted by Crippen LogP contribution is 2.36. The molecule has 0 bridgehead atoms. The van der Waals surface area contributed by atoms with Gasteiger partial charge in [-0.3, -0.25) is 14.2 Å². The molecule has 130 valence electrons. The van der Waals surface area contributed by atoms with Gasteiger partial charge in [0.15, 0.2) is 5.16 Å². The number of amides is 1. The molecule has 0 spiro atoms. The Kier molecular flexibility index (Phi) is 5.01. The average molecular weight is 366 g/mol. The lowest BCUT2D eigenvalue weighted by Crippen LogP contribution is -2.26. The van der Waals surface area contributed by atoms with Crippen molar-refractivity contribution in [2.75, 3.05) is 5.75 Å². The van der Waals surface area contributed by atoms with Crippen molar-refractivity contribution in [3.05, 3.63) is 20.8 Å². The Hall–Kier alpha value is -1.34. The number of aryl methyl sites for hydroxylation is 1.